The lowest BCUT2D eigenvalue weighted by Crippen LogP contribution is -2.28. The molecule has 19 heavy (non-hydrogen) atoms. The van der Waals surface area contributed by atoms with Crippen LogP contribution < -0.4 is 5.32 Å². The second kappa shape index (κ2) is 6.49. The fourth-order valence-electron chi connectivity index (χ4n) is 1.78. The molecule has 0 fully saturated rings. The van der Waals surface area contributed by atoms with Gasteiger partial charge in [-0.15, -0.1) is 5.10 Å². The zero-order chi connectivity index (χ0) is 13.7. The molecule has 0 unspecified atom stereocenters. The predicted octanol–water partition coefficient (Wildman–Crippen LogP) is 1.03. The summed E-state index contributed by atoms with van der Waals surface area (Å²) < 4.78 is 6.82. The SMILES string of the molecule is COCCN(C)CCNc1nc2cc(C)ccn2n1. The number of nitrogens with zero attached hydrogens (tertiary/aromatic N) is 4. The average molecular weight is 263 g/mol. The molecule has 0 saturated carbocycles. The van der Waals surface area contributed by atoms with Gasteiger partial charge in [-0.2, -0.15) is 4.98 Å². The van der Waals surface area contributed by atoms with Gasteiger partial charge >= 0.3 is 0 Å². The zero-order valence-electron chi connectivity index (χ0n) is 11.8. The number of fused-ring (bicyclic) bond motifs is 1. The topological polar surface area (TPSA) is 54.7 Å². The Morgan fingerprint density at radius 3 is 3.05 bits per heavy atom. The molecule has 2 aromatic heterocycles. The van der Waals surface area contributed by atoms with Crippen LogP contribution in [0.4, 0.5) is 5.95 Å². The monoisotopic (exact) mass is 263 g/mol. The first-order valence-electron chi connectivity index (χ1n) is 6.43. The summed E-state index contributed by atoms with van der Waals surface area (Å²) in [5.74, 6) is 0.672. The molecule has 104 valence electrons. The van der Waals surface area contributed by atoms with Crippen molar-refractivity contribution in [3.05, 3.63) is 23.9 Å². The summed E-state index contributed by atoms with van der Waals surface area (Å²) in [4.78, 5) is 6.63. The number of anilines is 1. The van der Waals surface area contributed by atoms with Crippen LogP contribution in [0.15, 0.2) is 18.3 Å². The first kappa shape index (κ1) is 13.8. The van der Waals surface area contributed by atoms with Crippen LogP contribution in [0.1, 0.15) is 5.56 Å². The fraction of sp³-hybridized carbons (Fsp3) is 0.538. The minimum Gasteiger partial charge on any atom is -0.383 e. The first-order valence-corrected chi connectivity index (χ1v) is 6.43. The van der Waals surface area contributed by atoms with E-state index >= 15 is 0 Å². The van der Waals surface area contributed by atoms with Gasteiger partial charge in [0.05, 0.1) is 6.61 Å². The Morgan fingerprint density at radius 1 is 1.42 bits per heavy atom. The van der Waals surface area contributed by atoms with E-state index in [1.807, 2.05) is 25.3 Å². The van der Waals surface area contributed by atoms with Gasteiger partial charge in [-0.3, -0.25) is 0 Å². The minimum absolute atomic E-state index is 0.672. The standard InChI is InChI=1S/C13H21N5O/c1-11-4-6-18-12(10-11)15-13(16-18)14-5-7-17(2)8-9-19-3/h4,6,10H,5,7-9H2,1-3H3,(H,14,16). The van der Waals surface area contributed by atoms with E-state index in [2.05, 4.69) is 27.3 Å². The number of methoxy groups -OCH3 is 1. The number of ether oxygens (including phenoxy) is 1. The van der Waals surface area contributed by atoms with Gasteiger partial charge in [-0.05, 0) is 31.7 Å². The van der Waals surface area contributed by atoms with E-state index in [4.69, 9.17) is 4.74 Å². The van der Waals surface area contributed by atoms with Crippen LogP contribution in [0.5, 0.6) is 0 Å². The third-order valence-electron chi connectivity index (χ3n) is 2.95. The molecule has 0 aliphatic heterocycles. The summed E-state index contributed by atoms with van der Waals surface area (Å²) in [6.07, 6.45) is 1.92. The molecule has 0 amide bonds. The molecule has 0 spiro atoms. The Balaban J connectivity index is 1.84. The molecule has 0 radical (unpaired) electrons. The maximum atomic E-state index is 5.04. The van der Waals surface area contributed by atoms with Gasteiger partial charge in [0.15, 0.2) is 5.65 Å². The van der Waals surface area contributed by atoms with E-state index in [9.17, 15) is 0 Å². The number of hydrogen-bond acceptors (Lipinski definition) is 5. The lowest BCUT2D eigenvalue weighted by Gasteiger charge is -2.15. The number of aryl methyl sites for hydroxylation is 1. The molecule has 0 bridgehead atoms. The van der Waals surface area contributed by atoms with Gasteiger partial charge in [-0.25, -0.2) is 4.52 Å². The van der Waals surface area contributed by atoms with Crippen molar-refractivity contribution in [2.24, 2.45) is 0 Å². The van der Waals surface area contributed by atoms with Crippen LogP contribution in [0.3, 0.4) is 0 Å². The molecule has 6 nitrogen and oxygen atoms in total. The van der Waals surface area contributed by atoms with Crippen molar-refractivity contribution < 1.29 is 4.74 Å². The highest BCUT2D eigenvalue weighted by molar-refractivity contribution is 5.45. The summed E-state index contributed by atoms with van der Waals surface area (Å²) in [5, 5.41) is 7.60. The summed E-state index contributed by atoms with van der Waals surface area (Å²) in [7, 11) is 3.79. The molecule has 6 heteroatoms. The number of likely N-dealkylation sites (N-methyl/N-ethyl adjacent to an activating group) is 1. The van der Waals surface area contributed by atoms with E-state index in [-0.39, 0.29) is 0 Å². The number of aromatic nitrogens is 3. The molecule has 0 saturated heterocycles. The van der Waals surface area contributed by atoms with E-state index in [1.54, 1.807) is 11.6 Å². The van der Waals surface area contributed by atoms with Gasteiger partial charge in [0.2, 0.25) is 5.95 Å². The van der Waals surface area contributed by atoms with Crippen LogP contribution in [-0.2, 0) is 4.74 Å². The Labute approximate surface area is 113 Å². The molecule has 2 aromatic rings. The van der Waals surface area contributed by atoms with Gasteiger partial charge in [0.1, 0.15) is 0 Å². The van der Waals surface area contributed by atoms with Crippen molar-refractivity contribution in [1.82, 2.24) is 19.5 Å². The van der Waals surface area contributed by atoms with Crippen molar-refractivity contribution in [3.8, 4) is 0 Å². The van der Waals surface area contributed by atoms with Crippen molar-refractivity contribution in [2.75, 3.05) is 45.7 Å². The Morgan fingerprint density at radius 2 is 2.26 bits per heavy atom. The number of hydrogen-bond donors (Lipinski definition) is 1. The highest BCUT2D eigenvalue weighted by Gasteiger charge is 2.03. The smallest absolute Gasteiger partial charge is 0.243 e. The third kappa shape index (κ3) is 3.90. The summed E-state index contributed by atoms with van der Waals surface area (Å²) in [6.45, 7) is 5.47. The van der Waals surface area contributed by atoms with Crippen molar-refractivity contribution in [1.29, 1.82) is 0 Å². The highest BCUT2D eigenvalue weighted by Crippen LogP contribution is 2.07. The molecule has 0 aromatic carbocycles. The highest BCUT2D eigenvalue weighted by atomic mass is 16.5. The molecule has 2 heterocycles. The molecule has 0 atom stereocenters. The predicted molar refractivity (Wildman–Crippen MR) is 75.6 cm³/mol. The molecule has 0 aliphatic rings. The maximum Gasteiger partial charge on any atom is 0.243 e. The normalized spacial score (nSPS) is 11.4. The van der Waals surface area contributed by atoms with Crippen molar-refractivity contribution in [3.63, 3.8) is 0 Å². The Hall–Kier alpha value is -1.66. The van der Waals surface area contributed by atoms with Crippen LogP contribution in [0.2, 0.25) is 0 Å². The van der Waals surface area contributed by atoms with Crippen LogP contribution in [-0.4, -0.2) is 59.9 Å². The quantitative estimate of drug-likeness (QED) is 0.808. The van der Waals surface area contributed by atoms with Gasteiger partial charge < -0.3 is 15.0 Å². The molecule has 2 rings (SSSR count). The summed E-state index contributed by atoms with van der Waals surface area (Å²) in [5.41, 5.74) is 2.06. The molecule has 1 N–H and O–H groups in total. The number of pyridine rings is 1. The lowest BCUT2D eigenvalue weighted by atomic mass is 10.3. The third-order valence-corrected chi connectivity index (χ3v) is 2.95. The van der Waals surface area contributed by atoms with Gasteiger partial charge in [0, 0.05) is 32.9 Å². The molecular formula is C13H21N5O. The van der Waals surface area contributed by atoms with E-state index in [1.165, 1.54) is 5.56 Å². The fourth-order valence-corrected chi connectivity index (χ4v) is 1.78. The largest absolute Gasteiger partial charge is 0.383 e. The number of nitrogens with one attached hydrogen (secondary N) is 1. The minimum atomic E-state index is 0.672. The van der Waals surface area contributed by atoms with E-state index < -0.39 is 0 Å². The Bertz CT molecular complexity index is 525. The van der Waals surface area contributed by atoms with Crippen LogP contribution >= 0.6 is 0 Å². The average Bonchev–Trinajstić information content (AvgIpc) is 2.78. The van der Waals surface area contributed by atoms with Gasteiger partial charge in [-0.1, -0.05) is 0 Å². The number of rotatable bonds is 7. The van der Waals surface area contributed by atoms with E-state index in [0.29, 0.717) is 5.95 Å². The Kier molecular flexibility index (Phi) is 4.70. The van der Waals surface area contributed by atoms with Crippen LogP contribution in [0, 0.1) is 6.92 Å². The van der Waals surface area contributed by atoms with Gasteiger partial charge in [0.25, 0.3) is 0 Å². The first-order chi connectivity index (χ1) is 9.19. The van der Waals surface area contributed by atoms with E-state index in [0.717, 1.165) is 31.9 Å². The second-order valence-corrected chi connectivity index (χ2v) is 4.67. The lowest BCUT2D eigenvalue weighted by molar-refractivity contribution is 0.163. The second-order valence-electron chi connectivity index (χ2n) is 4.67. The maximum absolute atomic E-state index is 5.04. The molecule has 0 aliphatic carbocycles. The molecular weight excluding hydrogens is 242 g/mol. The van der Waals surface area contributed by atoms with Crippen LogP contribution in [0.25, 0.3) is 5.65 Å². The van der Waals surface area contributed by atoms with Crippen molar-refractivity contribution in [2.45, 2.75) is 6.92 Å². The summed E-state index contributed by atoms with van der Waals surface area (Å²) in [6, 6.07) is 4.03. The van der Waals surface area contributed by atoms with Crippen molar-refractivity contribution >= 4 is 11.6 Å². The zero-order valence-corrected chi connectivity index (χ0v) is 11.8. The summed E-state index contributed by atoms with van der Waals surface area (Å²) >= 11 is 0.